The molecule has 1 saturated heterocycles. The van der Waals surface area contributed by atoms with Crippen LogP contribution in [0.1, 0.15) is 43.8 Å². The van der Waals surface area contributed by atoms with Crippen LogP contribution in [0.5, 0.6) is 0 Å². The molecule has 4 heteroatoms. The predicted octanol–water partition coefficient (Wildman–Crippen LogP) is 3.25. The zero-order chi connectivity index (χ0) is 16.1. The molecule has 0 radical (unpaired) electrons. The van der Waals surface area contributed by atoms with E-state index in [2.05, 4.69) is 17.5 Å². The van der Waals surface area contributed by atoms with Crippen molar-refractivity contribution in [2.45, 2.75) is 44.2 Å². The minimum atomic E-state index is -0.426. The fraction of sp³-hybridized carbons (Fsp3) is 0.526. The molecular formula is C19H26N2O2. The van der Waals surface area contributed by atoms with E-state index < -0.39 is 6.10 Å². The monoisotopic (exact) mass is 314 g/mol. The second-order valence-corrected chi connectivity index (χ2v) is 6.61. The van der Waals surface area contributed by atoms with Gasteiger partial charge in [-0.3, -0.25) is 0 Å². The van der Waals surface area contributed by atoms with Crippen LogP contribution in [-0.2, 0) is 0 Å². The van der Waals surface area contributed by atoms with Gasteiger partial charge in [0.05, 0.1) is 6.10 Å². The smallest absolute Gasteiger partial charge is 0.317 e. The number of carbonyl (C=O) groups is 1. The van der Waals surface area contributed by atoms with Crippen LogP contribution in [0, 0.1) is 5.92 Å². The van der Waals surface area contributed by atoms with Gasteiger partial charge < -0.3 is 15.3 Å². The van der Waals surface area contributed by atoms with Crippen molar-refractivity contribution in [1.82, 2.24) is 10.2 Å². The normalized spacial score (nSPS) is 23.5. The van der Waals surface area contributed by atoms with Gasteiger partial charge in [0.1, 0.15) is 0 Å². The van der Waals surface area contributed by atoms with Gasteiger partial charge in [-0.05, 0) is 43.6 Å². The molecular weight excluding hydrogens is 288 g/mol. The van der Waals surface area contributed by atoms with Crippen molar-refractivity contribution in [3.05, 3.63) is 48.0 Å². The van der Waals surface area contributed by atoms with Crippen molar-refractivity contribution in [2.75, 3.05) is 13.1 Å². The summed E-state index contributed by atoms with van der Waals surface area (Å²) in [5, 5.41) is 13.6. The van der Waals surface area contributed by atoms with E-state index in [0.29, 0.717) is 0 Å². The highest BCUT2D eigenvalue weighted by Gasteiger charge is 2.28. The number of urea groups is 1. The summed E-state index contributed by atoms with van der Waals surface area (Å²) in [5.74, 6) is 0.235. The fourth-order valence-electron chi connectivity index (χ4n) is 3.53. The molecule has 1 fully saturated rings. The third kappa shape index (κ3) is 4.14. The van der Waals surface area contributed by atoms with Gasteiger partial charge in [-0.2, -0.15) is 0 Å². The number of piperidine rings is 1. The summed E-state index contributed by atoms with van der Waals surface area (Å²) in [6.45, 7) is 1.45. The lowest BCUT2D eigenvalue weighted by Crippen LogP contribution is -2.48. The van der Waals surface area contributed by atoms with E-state index in [-0.39, 0.29) is 18.0 Å². The quantitative estimate of drug-likeness (QED) is 0.842. The van der Waals surface area contributed by atoms with Crippen molar-refractivity contribution in [2.24, 2.45) is 5.92 Å². The first-order valence-electron chi connectivity index (χ1n) is 8.67. The van der Waals surface area contributed by atoms with E-state index in [9.17, 15) is 9.90 Å². The minimum Gasteiger partial charge on any atom is -0.388 e. The number of benzene rings is 1. The summed E-state index contributed by atoms with van der Waals surface area (Å²) in [6, 6.07) is 10.2. The van der Waals surface area contributed by atoms with Crippen LogP contribution in [0.4, 0.5) is 4.79 Å². The Labute approximate surface area is 138 Å². The lowest BCUT2D eigenvalue weighted by Gasteiger charge is -2.35. The topological polar surface area (TPSA) is 52.6 Å². The van der Waals surface area contributed by atoms with Crippen LogP contribution >= 0.6 is 0 Å². The van der Waals surface area contributed by atoms with Gasteiger partial charge in [0.25, 0.3) is 0 Å². The van der Waals surface area contributed by atoms with Crippen molar-refractivity contribution in [3.8, 4) is 0 Å². The second-order valence-electron chi connectivity index (χ2n) is 6.61. The van der Waals surface area contributed by atoms with Crippen LogP contribution < -0.4 is 5.32 Å². The van der Waals surface area contributed by atoms with Gasteiger partial charge in [-0.15, -0.1) is 0 Å². The van der Waals surface area contributed by atoms with Crippen molar-refractivity contribution in [1.29, 1.82) is 0 Å². The molecule has 1 aliphatic carbocycles. The standard InChI is InChI=1S/C19H26N2O2/c22-18(15-7-3-1-4-8-15)16-11-13-21(14-12-16)19(23)20-17-9-5-2-6-10-17/h1-5,7-8,16-18,22H,6,9-14H2,(H,20,23). The van der Waals surface area contributed by atoms with Gasteiger partial charge >= 0.3 is 6.03 Å². The lowest BCUT2D eigenvalue weighted by molar-refractivity contribution is 0.0661. The molecule has 3 rings (SSSR count). The molecule has 0 saturated carbocycles. The van der Waals surface area contributed by atoms with Crippen molar-refractivity contribution in [3.63, 3.8) is 0 Å². The molecule has 0 bridgehead atoms. The molecule has 2 amide bonds. The highest BCUT2D eigenvalue weighted by atomic mass is 16.3. The molecule has 124 valence electrons. The molecule has 2 N–H and O–H groups in total. The highest BCUT2D eigenvalue weighted by Crippen LogP contribution is 2.30. The van der Waals surface area contributed by atoms with Crippen LogP contribution in [0.25, 0.3) is 0 Å². The van der Waals surface area contributed by atoms with Crippen LogP contribution in [0.2, 0.25) is 0 Å². The van der Waals surface area contributed by atoms with E-state index in [1.165, 1.54) is 0 Å². The van der Waals surface area contributed by atoms with Gasteiger partial charge in [0.15, 0.2) is 0 Å². The Bertz CT molecular complexity index is 536. The number of hydrogen-bond donors (Lipinski definition) is 2. The van der Waals surface area contributed by atoms with Gasteiger partial charge in [-0.25, -0.2) is 4.79 Å². The largest absolute Gasteiger partial charge is 0.388 e. The molecule has 0 aromatic heterocycles. The molecule has 1 aromatic rings. The van der Waals surface area contributed by atoms with E-state index in [1.54, 1.807) is 0 Å². The molecule has 2 unspecified atom stereocenters. The minimum absolute atomic E-state index is 0.0537. The first kappa shape index (κ1) is 16.1. The Balaban J connectivity index is 1.48. The summed E-state index contributed by atoms with van der Waals surface area (Å²) < 4.78 is 0. The molecule has 4 nitrogen and oxygen atoms in total. The third-order valence-electron chi connectivity index (χ3n) is 5.01. The number of nitrogens with zero attached hydrogens (tertiary/aromatic N) is 1. The Morgan fingerprint density at radius 1 is 1.13 bits per heavy atom. The Hall–Kier alpha value is -1.81. The van der Waals surface area contributed by atoms with Gasteiger partial charge in [-0.1, -0.05) is 42.5 Å². The summed E-state index contributed by atoms with van der Waals surface area (Å²) in [6.07, 6.45) is 8.64. The zero-order valence-corrected chi connectivity index (χ0v) is 13.5. The summed E-state index contributed by atoms with van der Waals surface area (Å²) >= 11 is 0. The highest BCUT2D eigenvalue weighted by molar-refractivity contribution is 5.74. The maximum absolute atomic E-state index is 12.3. The Morgan fingerprint density at radius 3 is 2.52 bits per heavy atom. The van der Waals surface area contributed by atoms with Crippen molar-refractivity contribution >= 4 is 6.03 Å². The molecule has 23 heavy (non-hydrogen) atoms. The average Bonchev–Trinajstić information content (AvgIpc) is 2.63. The number of aliphatic hydroxyl groups is 1. The maximum Gasteiger partial charge on any atom is 0.317 e. The number of likely N-dealkylation sites (tertiary alicyclic amines) is 1. The van der Waals surface area contributed by atoms with Gasteiger partial charge in [0, 0.05) is 19.1 Å². The number of hydrogen-bond acceptors (Lipinski definition) is 2. The predicted molar refractivity (Wildman–Crippen MR) is 91.0 cm³/mol. The zero-order valence-electron chi connectivity index (χ0n) is 13.5. The fourth-order valence-corrected chi connectivity index (χ4v) is 3.53. The van der Waals surface area contributed by atoms with E-state index in [0.717, 1.165) is 50.8 Å². The summed E-state index contributed by atoms with van der Waals surface area (Å²) in [4.78, 5) is 14.2. The van der Waals surface area contributed by atoms with E-state index in [4.69, 9.17) is 0 Å². The molecule has 1 heterocycles. The number of rotatable bonds is 3. The van der Waals surface area contributed by atoms with Crippen LogP contribution in [-0.4, -0.2) is 35.2 Å². The number of amides is 2. The lowest BCUT2D eigenvalue weighted by atomic mass is 9.87. The Morgan fingerprint density at radius 2 is 1.87 bits per heavy atom. The Kier molecular flexibility index (Phi) is 5.34. The molecule has 1 aliphatic heterocycles. The second kappa shape index (κ2) is 7.64. The van der Waals surface area contributed by atoms with Crippen molar-refractivity contribution < 1.29 is 9.90 Å². The number of aliphatic hydroxyl groups excluding tert-OH is 1. The maximum atomic E-state index is 12.3. The van der Waals surface area contributed by atoms with E-state index >= 15 is 0 Å². The number of allylic oxidation sites excluding steroid dienone is 1. The molecule has 2 atom stereocenters. The third-order valence-corrected chi connectivity index (χ3v) is 5.01. The number of nitrogens with one attached hydrogen (secondary N) is 1. The first-order chi connectivity index (χ1) is 11.2. The average molecular weight is 314 g/mol. The molecule has 2 aliphatic rings. The first-order valence-corrected chi connectivity index (χ1v) is 8.67. The molecule has 1 aromatic carbocycles. The van der Waals surface area contributed by atoms with E-state index in [1.807, 2.05) is 35.2 Å². The summed E-state index contributed by atoms with van der Waals surface area (Å²) in [5.41, 5.74) is 0.976. The number of carbonyl (C=O) groups excluding carboxylic acids is 1. The molecule has 0 spiro atoms. The van der Waals surface area contributed by atoms with Crippen LogP contribution in [0.3, 0.4) is 0 Å². The SMILES string of the molecule is O=C(NC1CC=CCC1)N1CCC(C(O)c2ccccc2)CC1. The van der Waals surface area contributed by atoms with Gasteiger partial charge in [0.2, 0.25) is 0 Å². The summed E-state index contributed by atoms with van der Waals surface area (Å²) in [7, 11) is 0. The van der Waals surface area contributed by atoms with Crippen LogP contribution in [0.15, 0.2) is 42.5 Å².